The number of carbonyl (C=O) groups is 3. The first-order valence-corrected chi connectivity index (χ1v) is 40.2. The largest absolute Gasteiger partial charge is 0.484 e. The number of benzene rings is 3. The zero-order valence-electron chi connectivity index (χ0n) is 44.4. The fraction of sp³-hybridized carbons (Fsp3) is 0.323. The molecule has 0 bridgehead atoms. The Morgan fingerprint density at radius 3 is 0.787 bits per heavy atom. The summed E-state index contributed by atoms with van der Waals surface area (Å²) in [5, 5.41) is 4.83. The minimum Gasteiger partial charge on any atom is -0.382 e. The molecule has 0 heterocycles. The highest BCUT2D eigenvalue weighted by Gasteiger charge is 2.64. The number of rotatable bonds is 25. The minimum atomic E-state index is -6.65. The molecule has 4 amide bonds. The van der Waals surface area contributed by atoms with Crippen LogP contribution < -0.4 is 48.9 Å². The Kier molecular flexibility index (Phi) is 33.8. The van der Waals surface area contributed by atoms with Gasteiger partial charge in [0.05, 0.1) is 0 Å². The first kappa shape index (κ1) is 91.9. The van der Waals surface area contributed by atoms with Gasteiger partial charge in [-0.05, 0) is 36.4 Å². The molecule has 0 unspecified atom stereocenters. The molecule has 0 aromatic heterocycles. The number of sulfonamides is 5. The molecule has 3 rings (SSSR count). The number of hydrogen-bond acceptors (Lipinski definition) is 32. The molecule has 0 aliphatic rings. The summed E-state index contributed by atoms with van der Waals surface area (Å²) in [6.45, 7) is 0. The van der Waals surface area contributed by atoms with Crippen LogP contribution in [0.5, 0.6) is 17.2 Å². The van der Waals surface area contributed by atoms with E-state index in [1.165, 1.54) is 45.8 Å². The number of amides is 4. The van der Waals surface area contributed by atoms with Gasteiger partial charge >= 0.3 is 67.0 Å². The van der Waals surface area contributed by atoms with E-state index in [0.717, 1.165) is 0 Å². The van der Waals surface area contributed by atoms with Crippen molar-refractivity contribution in [3.63, 3.8) is 0 Å². The first-order chi connectivity index (χ1) is 41.2. The molecule has 546 valence electrons. The molecule has 0 aliphatic heterocycles. The number of nitrogens with one attached hydrogen (secondary N) is 2. The van der Waals surface area contributed by atoms with Crippen LogP contribution in [0.1, 0.15) is 0 Å². The molecular formula is C31H41F10N7O34S12. The van der Waals surface area contributed by atoms with Crippen LogP contribution in [0.15, 0.2) is 91.0 Å². The Morgan fingerprint density at radius 2 is 0.617 bits per heavy atom. The smallest absolute Gasteiger partial charge is 0.382 e. The summed E-state index contributed by atoms with van der Waals surface area (Å²) in [6.07, 6.45) is -26.8. The molecule has 0 saturated carbocycles. The predicted octanol–water partition coefficient (Wildman–Crippen LogP) is -3.90. The van der Waals surface area contributed by atoms with Crippen molar-refractivity contribution in [1.82, 2.24) is 9.44 Å². The van der Waals surface area contributed by atoms with Gasteiger partial charge < -0.3 is 28.8 Å². The molecule has 0 aliphatic carbocycles. The fourth-order valence-electron chi connectivity index (χ4n) is 4.05. The summed E-state index contributed by atoms with van der Waals surface area (Å²) < 4.78 is 409. The van der Waals surface area contributed by atoms with E-state index in [2.05, 4.69) is 47.8 Å². The van der Waals surface area contributed by atoms with Crippen molar-refractivity contribution in [2.45, 2.75) is 29.2 Å². The van der Waals surface area contributed by atoms with E-state index in [-0.39, 0.29) is 17.2 Å². The Balaban J connectivity index is -0.00000109. The van der Waals surface area contributed by atoms with Gasteiger partial charge in [0.25, 0.3) is 65.1 Å². The van der Waals surface area contributed by atoms with E-state index in [9.17, 15) is 159 Å². The number of alkyl halides is 10. The number of hydrogen-bond donors (Lipinski definition) is 9. The molecule has 0 radical (unpaired) electrons. The van der Waals surface area contributed by atoms with E-state index in [1.807, 2.05) is 0 Å². The van der Waals surface area contributed by atoms with E-state index in [0.29, 0.717) is 0 Å². The van der Waals surface area contributed by atoms with Crippen LogP contribution in [0.25, 0.3) is 0 Å². The van der Waals surface area contributed by atoms with Crippen LogP contribution in [0.3, 0.4) is 0 Å². The van der Waals surface area contributed by atoms with Gasteiger partial charge in [-0.2, -0.15) is 111 Å². The molecule has 3 aromatic carbocycles. The van der Waals surface area contributed by atoms with E-state index < -0.39 is 194 Å². The summed E-state index contributed by atoms with van der Waals surface area (Å²) >= 11 is 0. The van der Waals surface area contributed by atoms with Gasteiger partial charge in [0, 0.05) is 0 Å². The third kappa shape index (κ3) is 45.1. The van der Waals surface area contributed by atoms with E-state index >= 15 is 0 Å². The van der Waals surface area contributed by atoms with Gasteiger partial charge in [-0.1, -0.05) is 54.6 Å². The number of nitrogens with two attached hydrogens (primary N) is 5. The Bertz CT molecular complexity index is 4280. The van der Waals surface area contributed by atoms with Crippen LogP contribution >= 0.6 is 0 Å². The van der Waals surface area contributed by atoms with E-state index in [1.54, 1.807) is 54.6 Å². The predicted molar refractivity (Wildman–Crippen MR) is 290 cm³/mol. The summed E-state index contributed by atoms with van der Waals surface area (Å²) in [7, 11) is -57.0. The number of primary sulfonamides is 3. The Hall–Kier alpha value is -6.31. The standard InChI is InChI=1S/C13H12O6S2.C7H9NO5S2.C5H2F10O6S2.C3H8N4O6S2.C2H4O7S2.CH6N2O4S2/c14-20(15,18-12-7-3-1-4-8-12)11-21(16,17)19-13-9-5-2-6-10-13;8-14(9,10)6-15(11,12)13-7-4-2-1-3-5-7;6-2(7,8)4(12,13)20-22(16,17)1-23(18,19)21-5(14,15)3(9,10)11;4-2(8)6-14(10,11)1-15(12,13)7-3(5)9;3-1-2(10(4,5)6)11(7,8)9;2-8(4,5)1-9(3,6)7/h1-10H,11H2;1-5H,6H2,(H2,8,9,10);1H2;1H2,(H3,4,6,8)(H3,5,7,9);1-2H,(H,4,5,6)(H,7,8,9);1H2,(H2,2,4,5)(H2,3,6,7). The molecule has 0 fully saturated rings. The highest BCUT2D eigenvalue weighted by molar-refractivity contribution is 8.07. The van der Waals surface area contributed by atoms with Crippen LogP contribution in [-0.2, 0) is 134 Å². The average molecular weight is 1630 g/mol. The lowest BCUT2D eigenvalue weighted by Crippen LogP contribution is -2.44. The highest BCUT2D eigenvalue weighted by atomic mass is 32.3. The second-order valence-corrected chi connectivity index (χ2v) is 36.8. The van der Waals surface area contributed by atoms with Crippen molar-refractivity contribution in [3.8, 4) is 17.2 Å². The normalized spacial score (nSPS) is 13.2. The SMILES string of the molecule is NC(=O)NS(=O)(=O)CS(=O)(=O)NC(N)=O.NS(=O)(=O)CS(=O)(=O)Oc1ccccc1.NS(=O)(=O)CS(N)(=O)=O.O=CC(S(=O)(=O)O)S(=O)(=O)O.O=S(=O)(CS(=O)(=O)OC(F)(F)C(F)(F)F)OC(F)(F)C(F)(F)F.O=S(=O)(CS(=O)(=O)Oc1ccccc1)Oc1ccccc1. The molecule has 14 N–H and O–H groups in total. The number of primary amides is 2. The topological polar surface area (TPSA) is 702 Å². The molecule has 41 nitrogen and oxygen atoms in total. The monoisotopic (exact) mass is 1630 g/mol. The zero-order valence-corrected chi connectivity index (χ0v) is 54.2. The van der Waals surface area contributed by atoms with Crippen molar-refractivity contribution in [2.75, 3.05) is 25.4 Å². The third-order valence-electron chi connectivity index (χ3n) is 6.76. The maximum Gasteiger partial charge on any atom is 0.484 e. The van der Waals surface area contributed by atoms with Crippen molar-refractivity contribution < 1.29 is 189 Å². The number of carbonyl (C=O) groups excluding carboxylic acids is 3. The molecular weight excluding hydrogens is 1590 g/mol. The van der Waals surface area contributed by atoms with Gasteiger partial charge in [-0.25, -0.2) is 76.5 Å². The lowest BCUT2D eigenvalue weighted by atomic mass is 10.3. The third-order valence-corrected chi connectivity index (χ3v) is 25.1. The molecule has 63 heteroatoms. The number of halogens is 10. The quantitative estimate of drug-likeness (QED) is 0.0169. The second-order valence-electron chi connectivity index (χ2n) is 15.4. The van der Waals surface area contributed by atoms with Gasteiger partial charge in [0.1, 0.15) is 17.2 Å². The number of para-hydroxylation sites is 3. The van der Waals surface area contributed by atoms with Crippen molar-refractivity contribution in [2.24, 2.45) is 26.9 Å². The Morgan fingerprint density at radius 1 is 0.394 bits per heavy atom. The zero-order chi connectivity index (χ0) is 75.3. The molecule has 0 atom stereocenters. The first-order valence-electron chi connectivity index (χ1n) is 20.9. The number of urea groups is 2. The summed E-state index contributed by atoms with van der Waals surface area (Å²) in [4.78, 5) is 30.0. The van der Waals surface area contributed by atoms with Gasteiger partial charge in [-0.3, -0.25) is 9.11 Å². The number of aldehydes is 1. The van der Waals surface area contributed by atoms with Gasteiger partial charge in [0.15, 0.2) is 16.5 Å². The van der Waals surface area contributed by atoms with Crippen molar-refractivity contribution in [3.05, 3.63) is 91.0 Å². The van der Waals surface area contributed by atoms with Crippen LogP contribution in [0.2, 0.25) is 0 Å². The Labute approximate surface area is 524 Å². The van der Waals surface area contributed by atoms with Gasteiger partial charge in [-0.15, -0.1) is 0 Å². The summed E-state index contributed by atoms with van der Waals surface area (Å²) in [5.41, 5.74) is 8.93. The lowest BCUT2D eigenvalue weighted by Gasteiger charge is -2.20. The van der Waals surface area contributed by atoms with Crippen LogP contribution in [0.4, 0.5) is 53.5 Å². The average Bonchev–Trinajstić information content (AvgIpc) is 0.798. The van der Waals surface area contributed by atoms with Gasteiger partial charge in [0.2, 0.25) is 45.3 Å². The maximum absolute atomic E-state index is 12.2. The van der Waals surface area contributed by atoms with Crippen LogP contribution in [-0.4, -0.2) is 183 Å². The molecule has 94 heavy (non-hydrogen) atoms. The second kappa shape index (κ2) is 34.6. The lowest BCUT2D eigenvalue weighted by molar-refractivity contribution is -0.360. The van der Waals surface area contributed by atoms with Crippen LogP contribution in [0, 0.1) is 0 Å². The fourth-order valence-corrected chi connectivity index (χ4v) is 17.5. The molecule has 3 aromatic rings. The van der Waals surface area contributed by atoms with Crippen molar-refractivity contribution in [1.29, 1.82) is 0 Å². The minimum absolute atomic E-state index is 0.0346. The highest BCUT2D eigenvalue weighted by Crippen LogP contribution is 2.40. The summed E-state index contributed by atoms with van der Waals surface area (Å²) in [6, 6.07) is 19.9. The van der Waals surface area contributed by atoms with Crippen molar-refractivity contribution >= 4 is 139 Å². The molecule has 0 saturated heterocycles. The molecule has 0 spiro atoms. The maximum atomic E-state index is 12.2. The summed E-state index contributed by atoms with van der Waals surface area (Å²) in [5.74, 6) is 0.112. The van der Waals surface area contributed by atoms with E-state index in [4.69, 9.17) is 9.11 Å².